The van der Waals surface area contributed by atoms with Gasteiger partial charge in [-0.1, -0.05) is 12.1 Å². The maximum absolute atomic E-state index is 13.3. The summed E-state index contributed by atoms with van der Waals surface area (Å²) in [6, 6.07) is 12.3. The van der Waals surface area contributed by atoms with Gasteiger partial charge in [-0.3, -0.25) is 9.48 Å². The molecule has 0 aliphatic carbocycles. The van der Waals surface area contributed by atoms with Gasteiger partial charge < -0.3 is 15.0 Å². The normalized spacial score (nSPS) is 15.8. The fourth-order valence-electron chi connectivity index (χ4n) is 4.87. The zero-order valence-corrected chi connectivity index (χ0v) is 21.2. The lowest BCUT2D eigenvalue weighted by Crippen LogP contribution is -2.30. The lowest BCUT2D eigenvalue weighted by atomic mass is 9.87. The predicted molar refractivity (Wildman–Crippen MR) is 136 cm³/mol. The summed E-state index contributed by atoms with van der Waals surface area (Å²) in [4.78, 5) is 15.7. The zero-order valence-electron chi connectivity index (χ0n) is 21.2. The number of nitrogens with zero attached hydrogens (tertiary/aromatic N) is 3. The number of carbonyl (C=O) groups excluding carboxylic acids is 1. The molecule has 180 valence electrons. The van der Waals surface area contributed by atoms with Crippen LogP contribution in [0.25, 0.3) is 11.1 Å². The molecule has 1 amide bonds. The van der Waals surface area contributed by atoms with E-state index in [9.17, 15) is 4.79 Å². The van der Waals surface area contributed by atoms with E-state index in [0.717, 1.165) is 65.2 Å². The number of hydrogen-bond acceptors (Lipinski definition) is 4. The van der Waals surface area contributed by atoms with Crippen LogP contribution in [0.3, 0.4) is 0 Å². The topological polar surface area (TPSA) is 59.4 Å². The zero-order chi connectivity index (χ0) is 24.4. The third-order valence-electron chi connectivity index (χ3n) is 7.03. The van der Waals surface area contributed by atoms with Crippen LogP contribution in [0.1, 0.15) is 64.5 Å². The molecule has 0 spiro atoms. The summed E-state index contributed by atoms with van der Waals surface area (Å²) in [5, 5.41) is 7.69. The number of aryl methyl sites for hydroxylation is 3. The Balaban J connectivity index is 1.56. The van der Waals surface area contributed by atoms with Crippen LogP contribution in [-0.4, -0.2) is 47.8 Å². The van der Waals surface area contributed by atoms with Gasteiger partial charge in [0.15, 0.2) is 0 Å². The van der Waals surface area contributed by atoms with Crippen molar-refractivity contribution in [1.82, 2.24) is 20.0 Å². The smallest absolute Gasteiger partial charge is 0.252 e. The molecule has 6 heteroatoms. The molecular formula is C28H36N4O2. The minimum absolute atomic E-state index is 0.0401. The molecule has 1 aliphatic rings. The molecule has 1 N–H and O–H groups in total. The molecule has 34 heavy (non-hydrogen) atoms. The van der Waals surface area contributed by atoms with Crippen molar-refractivity contribution >= 4 is 5.91 Å². The largest absolute Gasteiger partial charge is 0.497 e. The molecule has 2 heterocycles. The molecule has 1 aromatic heterocycles. The molecule has 0 unspecified atom stereocenters. The number of likely N-dealkylation sites (tertiary alicyclic amines) is 1. The molecule has 1 fully saturated rings. The standard InChI is InChI=1S/C28H36N4O2/c1-18-7-8-22(21-9-11-31(4)12-10-21)16-26(18)28(33)29-19(2)23-13-24(15-25(14-23)34-6)27-17-32(5)30-20(27)3/h7-8,13-17,19,21H,9-12H2,1-6H3,(H,29,33)/t19-/m1/s1. The first-order valence-corrected chi connectivity index (χ1v) is 12.0. The number of hydrogen-bond donors (Lipinski definition) is 1. The molecule has 3 aromatic rings. The summed E-state index contributed by atoms with van der Waals surface area (Å²) >= 11 is 0. The van der Waals surface area contributed by atoms with Crippen molar-refractivity contribution in [3.63, 3.8) is 0 Å². The van der Waals surface area contributed by atoms with Crippen LogP contribution >= 0.6 is 0 Å². The second kappa shape index (κ2) is 10.0. The first-order chi connectivity index (χ1) is 16.2. The molecule has 0 saturated carbocycles. The first-order valence-electron chi connectivity index (χ1n) is 12.0. The number of benzene rings is 2. The molecule has 6 nitrogen and oxygen atoms in total. The average molecular weight is 461 g/mol. The van der Waals surface area contributed by atoms with Crippen molar-refractivity contribution in [2.24, 2.45) is 7.05 Å². The first kappa shape index (κ1) is 24.0. The van der Waals surface area contributed by atoms with E-state index in [1.807, 2.05) is 50.8 Å². The van der Waals surface area contributed by atoms with Gasteiger partial charge >= 0.3 is 0 Å². The fourth-order valence-corrected chi connectivity index (χ4v) is 4.87. The van der Waals surface area contributed by atoms with Crippen LogP contribution < -0.4 is 10.1 Å². The number of aromatic nitrogens is 2. The Hall–Kier alpha value is -3.12. The highest BCUT2D eigenvalue weighted by atomic mass is 16.5. The van der Waals surface area contributed by atoms with Crippen molar-refractivity contribution in [2.75, 3.05) is 27.2 Å². The van der Waals surface area contributed by atoms with Gasteiger partial charge in [0.05, 0.1) is 18.8 Å². The number of piperidine rings is 1. The van der Waals surface area contributed by atoms with E-state index >= 15 is 0 Å². The predicted octanol–water partition coefficient (Wildman–Crippen LogP) is 5.01. The Bertz CT molecular complexity index is 1180. The van der Waals surface area contributed by atoms with Crippen molar-refractivity contribution in [1.29, 1.82) is 0 Å². The molecule has 4 rings (SSSR count). The summed E-state index contributed by atoms with van der Waals surface area (Å²) < 4.78 is 7.38. The minimum atomic E-state index is -0.176. The van der Waals surface area contributed by atoms with Gasteiger partial charge in [-0.05, 0) is 106 Å². The monoisotopic (exact) mass is 460 g/mol. The number of rotatable bonds is 6. The maximum atomic E-state index is 13.3. The van der Waals surface area contributed by atoms with E-state index in [-0.39, 0.29) is 11.9 Å². The Morgan fingerprint density at radius 1 is 1.12 bits per heavy atom. The lowest BCUT2D eigenvalue weighted by Gasteiger charge is -2.29. The molecule has 1 saturated heterocycles. The number of carbonyl (C=O) groups is 1. The quantitative estimate of drug-likeness (QED) is 0.562. The van der Waals surface area contributed by atoms with Gasteiger partial charge in [-0.25, -0.2) is 0 Å². The van der Waals surface area contributed by atoms with E-state index in [1.54, 1.807) is 7.11 Å². The molecule has 1 atom stereocenters. The van der Waals surface area contributed by atoms with E-state index in [1.165, 1.54) is 5.56 Å². The van der Waals surface area contributed by atoms with Crippen molar-refractivity contribution in [2.45, 2.75) is 45.6 Å². The summed E-state index contributed by atoms with van der Waals surface area (Å²) in [5.74, 6) is 1.24. The number of ether oxygens (including phenoxy) is 1. The van der Waals surface area contributed by atoms with Gasteiger partial charge in [-0.2, -0.15) is 5.10 Å². The number of nitrogens with one attached hydrogen (secondary N) is 1. The van der Waals surface area contributed by atoms with E-state index < -0.39 is 0 Å². The fraction of sp³-hybridized carbons (Fsp3) is 0.429. The minimum Gasteiger partial charge on any atom is -0.497 e. The summed E-state index contributed by atoms with van der Waals surface area (Å²) in [6.07, 6.45) is 4.28. The van der Waals surface area contributed by atoms with Gasteiger partial charge in [0, 0.05) is 24.4 Å². The Morgan fingerprint density at radius 2 is 1.85 bits per heavy atom. The molecule has 2 aromatic carbocycles. The van der Waals surface area contributed by atoms with Gasteiger partial charge in [-0.15, -0.1) is 0 Å². The van der Waals surface area contributed by atoms with Crippen LogP contribution in [0.15, 0.2) is 42.6 Å². The van der Waals surface area contributed by atoms with Crippen LogP contribution in [0.2, 0.25) is 0 Å². The Morgan fingerprint density at radius 3 is 2.50 bits per heavy atom. The Labute approximate surface area is 202 Å². The second-order valence-corrected chi connectivity index (χ2v) is 9.64. The van der Waals surface area contributed by atoms with Crippen molar-refractivity contribution in [3.05, 3.63) is 70.5 Å². The molecule has 1 aliphatic heterocycles. The Kier molecular flexibility index (Phi) is 7.08. The second-order valence-electron chi connectivity index (χ2n) is 9.64. The molecule has 0 bridgehead atoms. The molecule has 0 radical (unpaired) electrons. The van der Waals surface area contributed by atoms with Gasteiger partial charge in [0.2, 0.25) is 0 Å². The van der Waals surface area contributed by atoms with Crippen LogP contribution in [-0.2, 0) is 7.05 Å². The van der Waals surface area contributed by atoms with Gasteiger partial charge in [0.1, 0.15) is 5.75 Å². The maximum Gasteiger partial charge on any atom is 0.252 e. The van der Waals surface area contributed by atoms with E-state index in [0.29, 0.717) is 5.92 Å². The summed E-state index contributed by atoms with van der Waals surface area (Å²) in [7, 11) is 5.76. The van der Waals surface area contributed by atoms with Crippen LogP contribution in [0, 0.1) is 13.8 Å². The summed E-state index contributed by atoms with van der Waals surface area (Å²) in [6.45, 7) is 8.23. The average Bonchev–Trinajstić information content (AvgIpc) is 3.17. The van der Waals surface area contributed by atoms with E-state index in [2.05, 4.69) is 46.6 Å². The van der Waals surface area contributed by atoms with Gasteiger partial charge in [0.25, 0.3) is 5.91 Å². The SMILES string of the molecule is COc1cc(-c2cn(C)nc2C)cc([C@@H](C)NC(=O)c2cc(C3CCN(C)CC3)ccc2C)c1. The highest BCUT2D eigenvalue weighted by Crippen LogP contribution is 2.31. The highest BCUT2D eigenvalue weighted by Gasteiger charge is 2.21. The third-order valence-corrected chi connectivity index (χ3v) is 7.03. The van der Waals surface area contributed by atoms with Crippen LogP contribution in [0.5, 0.6) is 5.75 Å². The lowest BCUT2D eigenvalue weighted by molar-refractivity contribution is 0.0939. The highest BCUT2D eigenvalue weighted by molar-refractivity contribution is 5.96. The van der Waals surface area contributed by atoms with Crippen molar-refractivity contribution < 1.29 is 9.53 Å². The summed E-state index contributed by atoms with van der Waals surface area (Å²) in [5.41, 5.74) is 7.07. The third kappa shape index (κ3) is 5.17. The van der Waals surface area contributed by atoms with E-state index in [4.69, 9.17) is 4.74 Å². The van der Waals surface area contributed by atoms with Crippen LogP contribution in [0.4, 0.5) is 0 Å². The number of amides is 1. The molecular weight excluding hydrogens is 424 g/mol. The van der Waals surface area contributed by atoms with Crippen molar-refractivity contribution in [3.8, 4) is 16.9 Å². The number of methoxy groups -OCH3 is 1.